The van der Waals surface area contributed by atoms with E-state index in [9.17, 15) is 9.59 Å². The van der Waals surface area contributed by atoms with E-state index in [1.165, 1.54) is 4.57 Å². The van der Waals surface area contributed by atoms with Crippen molar-refractivity contribution < 1.29 is 9.53 Å². The topological polar surface area (TPSA) is 76.1 Å². The third-order valence-electron chi connectivity index (χ3n) is 5.20. The molecule has 0 radical (unpaired) electrons. The summed E-state index contributed by atoms with van der Waals surface area (Å²) in [5, 5.41) is 3.38. The average molecular weight is 458 g/mol. The molecule has 3 aromatic carbocycles. The lowest BCUT2D eigenvalue weighted by molar-refractivity contribution is 0.0950. The normalized spacial score (nSPS) is 10.7. The van der Waals surface area contributed by atoms with E-state index in [0.29, 0.717) is 41.9 Å². The second-order valence-electron chi connectivity index (χ2n) is 7.46. The van der Waals surface area contributed by atoms with Gasteiger partial charge >= 0.3 is 0 Å². The maximum Gasteiger partial charge on any atom is 0.262 e. The van der Waals surface area contributed by atoms with Gasteiger partial charge in [0.1, 0.15) is 12.4 Å². The Balaban J connectivity index is 1.49. The number of carbonyl (C=O) groups is 1. The Morgan fingerprint density at radius 1 is 1.09 bits per heavy atom. The van der Waals surface area contributed by atoms with E-state index in [2.05, 4.69) is 16.9 Å². The van der Waals surface area contributed by atoms with Crippen LogP contribution < -0.4 is 15.6 Å². The van der Waals surface area contributed by atoms with Crippen molar-refractivity contribution >= 4 is 29.0 Å². The summed E-state index contributed by atoms with van der Waals surface area (Å²) in [6.07, 6.45) is 1.61. The van der Waals surface area contributed by atoms with Gasteiger partial charge in [-0.1, -0.05) is 54.6 Å². The van der Waals surface area contributed by atoms with Crippen LogP contribution in [0.4, 0.5) is 0 Å². The van der Waals surface area contributed by atoms with Gasteiger partial charge in [-0.3, -0.25) is 14.2 Å². The number of aromatic amines is 1. The molecule has 1 amide bonds. The molecule has 166 valence electrons. The SMILES string of the molecule is C=CCn1c(=S)[nH]c2cc(C(=O)NCc3ccccc3OCc3ccccc3)ccc2c1=O. The molecule has 6 nitrogen and oxygen atoms in total. The van der Waals surface area contributed by atoms with E-state index in [-0.39, 0.29) is 16.2 Å². The molecule has 0 atom stereocenters. The molecule has 0 saturated carbocycles. The van der Waals surface area contributed by atoms with Crippen molar-refractivity contribution in [3.63, 3.8) is 0 Å². The van der Waals surface area contributed by atoms with Crippen LogP contribution in [-0.4, -0.2) is 15.5 Å². The number of nitrogens with zero attached hydrogens (tertiary/aromatic N) is 1. The summed E-state index contributed by atoms with van der Waals surface area (Å²) >= 11 is 5.28. The number of hydrogen-bond donors (Lipinski definition) is 2. The molecule has 0 bridgehead atoms. The lowest BCUT2D eigenvalue weighted by atomic mass is 10.1. The lowest BCUT2D eigenvalue weighted by Gasteiger charge is -2.13. The molecule has 0 saturated heterocycles. The number of amides is 1. The van der Waals surface area contributed by atoms with Gasteiger partial charge in [0.15, 0.2) is 4.77 Å². The molecule has 0 aliphatic rings. The van der Waals surface area contributed by atoms with Crippen LogP contribution in [0.1, 0.15) is 21.5 Å². The van der Waals surface area contributed by atoms with E-state index in [4.69, 9.17) is 17.0 Å². The molecule has 1 aromatic heterocycles. The van der Waals surface area contributed by atoms with Crippen LogP contribution in [0.3, 0.4) is 0 Å². The summed E-state index contributed by atoms with van der Waals surface area (Å²) in [4.78, 5) is 28.5. The third-order valence-corrected chi connectivity index (χ3v) is 5.53. The van der Waals surface area contributed by atoms with E-state index in [1.54, 1.807) is 24.3 Å². The maximum atomic E-state index is 12.8. The zero-order valence-electron chi connectivity index (χ0n) is 17.9. The van der Waals surface area contributed by atoms with Gasteiger partial charge in [0.05, 0.1) is 10.9 Å². The maximum absolute atomic E-state index is 12.8. The summed E-state index contributed by atoms with van der Waals surface area (Å²) in [5.41, 5.74) is 2.66. The first-order valence-corrected chi connectivity index (χ1v) is 10.9. The molecule has 2 N–H and O–H groups in total. The van der Waals surface area contributed by atoms with E-state index in [0.717, 1.165) is 11.1 Å². The van der Waals surface area contributed by atoms with Crippen molar-refractivity contribution in [3.05, 3.63) is 117 Å². The zero-order chi connectivity index (χ0) is 23.2. The molecule has 4 rings (SSSR count). The Morgan fingerprint density at radius 3 is 2.64 bits per heavy atom. The first-order chi connectivity index (χ1) is 16.1. The number of H-pyrrole nitrogens is 1. The molecule has 7 heteroatoms. The van der Waals surface area contributed by atoms with Crippen LogP contribution >= 0.6 is 12.2 Å². The molecule has 4 aromatic rings. The van der Waals surface area contributed by atoms with Crippen molar-refractivity contribution in [1.29, 1.82) is 0 Å². The summed E-state index contributed by atoms with van der Waals surface area (Å²) < 4.78 is 7.68. The zero-order valence-corrected chi connectivity index (χ0v) is 18.7. The van der Waals surface area contributed by atoms with Crippen LogP contribution in [0.15, 0.2) is 90.2 Å². The number of aromatic nitrogens is 2. The fourth-order valence-electron chi connectivity index (χ4n) is 3.49. The van der Waals surface area contributed by atoms with Gasteiger partial charge in [0.2, 0.25) is 0 Å². The number of para-hydroxylation sites is 1. The molecule has 0 fully saturated rings. The second-order valence-corrected chi connectivity index (χ2v) is 7.85. The van der Waals surface area contributed by atoms with E-state index in [1.807, 2.05) is 54.6 Å². The molecule has 0 spiro atoms. The summed E-state index contributed by atoms with van der Waals surface area (Å²) in [7, 11) is 0. The fourth-order valence-corrected chi connectivity index (χ4v) is 3.76. The van der Waals surface area contributed by atoms with E-state index >= 15 is 0 Å². The molecule has 0 aliphatic heterocycles. The van der Waals surface area contributed by atoms with Crippen LogP contribution in [0.5, 0.6) is 5.75 Å². The van der Waals surface area contributed by atoms with Gasteiger partial charge in [-0.05, 0) is 42.0 Å². The number of benzene rings is 3. The van der Waals surface area contributed by atoms with Gasteiger partial charge in [0.25, 0.3) is 11.5 Å². The minimum atomic E-state index is -0.260. The smallest absolute Gasteiger partial charge is 0.262 e. The van der Waals surface area contributed by atoms with Crippen molar-refractivity contribution in [2.75, 3.05) is 0 Å². The first kappa shape index (κ1) is 22.2. The van der Waals surface area contributed by atoms with E-state index < -0.39 is 0 Å². The minimum absolute atomic E-state index is 0.217. The monoisotopic (exact) mass is 457 g/mol. The summed E-state index contributed by atoms with van der Waals surface area (Å²) in [5.74, 6) is 0.455. The highest BCUT2D eigenvalue weighted by Crippen LogP contribution is 2.20. The molecule has 0 aliphatic carbocycles. The molecule has 1 heterocycles. The Labute approximate surface area is 196 Å². The van der Waals surface area contributed by atoms with Gasteiger partial charge in [-0.2, -0.15) is 0 Å². The number of nitrogens with one attached hydrogen (secondary N) is 2. The number of carbonyl (C=O) groups excluding carboxylic acids is 1. The highest BCUT2D eigenvalue weighted by molar-refractivity contribution is 7.71. The lowest BCUT2D eigenvalue weighted by Crippen LogP contribution is -2.24. The number of rotatable bonds is 8. The van der Waals surface area contributed by atoms with Gasteiger partial charge in [0, 0.05) is 24.2 Å². The number of ether oxygens (including phenoxy) is 1. The van der Waals surface area contributed by atoms with Crippen LogP contribution in [-0.2, 0) is 19.7 Å². The Kier molecular flexibility index (Phi) is 6.80. The van der Waals surface area contributed by atoms with Crippen molar-refractivity contribution in [3.8, 4) is 5.75 Å². The number of fused-ring (bicyclic) bond motifs is 1. The van der Waals surface area contributed by atoms with Crippen LogP contribution in [0, 0.1) is 4.77 Å². The van der Waals surface area contributed by atoms with Crippen LogP contribution in [0.25, 0.3) is 10.9 Å². The highest BCUT2D eigenvalue weighted by atomic mass is 32.1. The minimum Gasteiger partial charge on any atom is -0.489 e. The summed E-state index contributed by atoms with van der Waals surface area (Å²) in [6.45, 7) is 4.72. The number of allylic oxidation sites excluding steroid dienone is 1. The van der Waals surface area contributed by atoms with Gasteiger partial charge in [-0.15, -0.1) is 6.58 Å². The molecule has 33 heavy (non-hydrogen) atoms. The highest BCUT2D eigenvalue weighted by Gasteiger charge is 2.11. The fraction of sp³-hybridized carbons (Fsp3) is 0.115. The predicted molar refractivity (Wildman–Crippen MR) is 132 cm³/mol. The molecule has 0 unspecified atom stereocenters. The van der Waals surface area contributed by atoms with Crippen molar-refractivity contribution in [2.45, 2.75) is 19.7 Å². The molecular formula is C26H23N3O3S. The third kappa shape index (κ3) is 5.10. The summed E-state index contributed by atoms with van der Waals surface area (Å²) in [6, 6.07) is 22.4. The number of hydrogen-bond acceptors (Lipinski definition) is 4. The predicted octanol–water partition coefficient (Wildman–Crippen LogP) is 4.75. The Bertz CT molecular complexity index is 1420. The second kappa shape index (κ2) is 10.1. The quantitative estimate of drug-likeness (QED) is 0.296. The van der Waals surface area contributed by atoms with Gasteiger partial charge in [-0.25, -0.2) is 0 Å². The van der Waals surface area contributed by atoms with Crippen molar-refractivity contribution in [1.82, 2.24) is 14.9 Å². The van der Waals surface area contributed by atoms with Gasteiger partial charge < -0.3 is 15.0 Å². The Hall–Kier alpha value is -3.97. The molecular weight excluding hydrogens is 434 g/mol. The van der Waals surface area contributed by atoms with Crippen LogP contribution in [0.2, 0.25) is 0 Å². The average Bonchev–Trinajstić information content (AvgIpc) is 2.84. The largest absolute Gasteiger partial charge is 0.489 e. The Morgan fingerprint density at radius 2 is 1.85 bits per heavy atom. The standard InChI is InChI=1S/C26H23N3O3S/c1-2-14-29-25(31)21-13-12-19(15-22(21)28-26(29)33)24(30)27-16-20-10-6-7-11-23(20)32-17-18-8-4-3-5-9-18/h2-13,15H,1,14,16-17H2,(H,27,30)(H,28,33). The van der Waals surface area contributed by atoms with Crippen molar-refractivity contribution in [2.24, 2.45) is 0 Å². The first-order valence-electron chi connectivity index (χ1n) is 10.5.